The molecule has 0 saturated heterocycles. The Morgan fingerprint density at radius 3 is 2.44 bits per heavy atom. The molecule has 2 aliphatic rings. The normalized spacial score (nSPS) is 19.6. The maximum Gasteiger partial charge on any atom is 0.254 e. The van der Waals surface area contributed by atoms with Gasteiger partial charge in [-0.15, -0.1) is 0 Å². The van der Waals surface area contributed by atoms with E-state index in [1.807, 2.05) is 36.1 Å². The van der Waals surface area contributed by atoms with Crippen molar-refractivity contribution in [3.63, 3.8) is 0 Å². The SMILES string of the molecule is C/C=S1/Nc2nc(cc(-c3c(C)cccc3C)n2)O[C@@H]2c3ccc(C(C)(C)C)cc3CN(C(=O)c3cccc1c3)[C@@H]2CC(C)C. The Labute approximate surface area is 270 Å². The quantitative estimate of drug-likeness (QED) is 0.232. The van der Waals surface area contributed by atoms with Gasteiger partial charge >= 0.3 is 0 Å². The summed E-state index contributed by atoms with van der Waals surface area (Å²) in [7, 11) is -0.543. The molecular formula is C38H44N4O2S. The number of fused-ring (bicyclic) bond motifs is 8. The number of benzene rings is 3. The number of nitrogens with one attached hydrogen (secondary N) is 1. The summed E-state index contributed by atoms with van der Waals surface area (Å²) in [5.41, 5.74) is 8.31. The molecule has 0 spiro atoms. The third-order valence-corrected chi connectivity index (χ3v) is 10.5. The fraction of sp³-hybridized carbons (Fsp3) is 0.368. The Balaban J connectivity index is 1.62. The number of aromatic nitrogens is 2. The fourth-order valence-corrected chi connectivity index (χ4v) is 7.82. The van der Waals surface area contributed by atoms with Crippen molar-refractivity contribution in [2.75, 3.05) is 4.72 Å². The highest BCUT2D eigenvalue weighted by atomic mass is 32.2. The Bertz CT molecular complexity index is 1790. The van der Waals surface area contributed by atoms with Gasteiger partial charge in [-0.25, -0.2) is 4.98 Å². The number of aryl methyl sites for hydroxylation is 2. The van der Waals surface area contributed by atoms with Gasteiger partial charge in [-0.1, -0.05) is 87.8 Å². The lowest BCUT2D eigenvalue weighted by molar-refractivity contribution is 0.0241. The molecule has 1 N–H and O–H groups in total. The molecular weight excluding hydrogens is 577 g/mol. The van der Waals surface area contributed by atoms with E-state index in [1.165, 1.54) is 5.56 Å². The van der Waals surface area contributed by atoms with Crippen molar-refractivity contribution in [2.24, 2.45) is 5.92 Å². The van der Waals surface area contributed by atoms with Crippen LogP contribution in [0.3, 0.4) is 0 Å². The van der Waals surface area contributed by atoms with Gasteiger partial charge < -0.3 is 14.4 Å². The number of nitrogens with zero attached hydrogens (tertiary/aromatic N) is 3. The highest BCUT2D eigenvalue weighted by Crippen LogP contribution is 2.42. The molecule has 1 aromatic heterocycles. The van der Waals surface area contributed by atoms with Crippen LogP contribution in [0.1, 0.15) is 92.2 Å². The smallest absolute Gasteiger partial charge is 0.254 e. The summed E-state index contributed by atoms with van der Waals surface area (Å²) in [5, 5.41) is 2.10. The number of rotatable bonds is 3. The van der Waals surface area contributed by atoms with Crippen LogP contribution in [-0.2, 0) is 12.0 Å². The van der Waals surface area contributed by atoms with Crippen molar-refractivity contribution in [3.05, 3.63) is 100 Å². The Morgan fingerprint density at radius 2 is 1.76 bits per heavy atom. The van der Waals surface area contributed by atoms with Gasteiger partial charge in [0.25, 0.3) is 5.91 Å². The van der Waals surface area contributed by atoms with Crippen LogP contribution in [0.5, 0.6) is 5.88 Å². The van der Waals surface area contributed by atoms with Gasteiger partial charge in [0.15, 0.2) is 0 Å². The lowest BCUT2D eigenvalue weighted by atomic mass is 9.81. The Kier molecular flexibility index (Phi) is 8.33. The van der Waals surface area contributed by atoms with Crippen molar-refractivity contribution < 1.29 is 9.53 Å². The minimum Gasteiger partial charge on any atom is -0.467 e. The molecule has 0 fully saturated rings. The molecule has 3 aromatic carbocycles. The van der Waals surface area contributed by atoms with Gasteiger partial charge in [0.2, 0.25) is 11.8 Å². The molecule has 234 valence electrons. The van der Waals surface area contributed by atoms with E-state index in [-0.39, 0.29) is 17.4 Å². The van der Waals surface area contributed by atoms with Crippen LogP contribution in [-0.4, -0.2) is 32.2 Å². The van der Waals surface area contributed by atoms with Crippen LogP contribution in [0.2, 0.25) is 0 Å². The fourth-order valence-electron chi connectivity index (χ4n) is 6.55. The topological polar surface area (TPSA) is 67.4 Å². The van der Waals surface area contributed by atoms with E-state index >= 15 is 0 Å². The molecule has 1 amide bonds. The zero-order chi connectivity index (χ0) is 32.0. The number of ether oxygens (including phenoxy) is 1. The average Bonchev–Trinajstić information content (AvgIpc) is 2.99. The molecule has 6 bridgehead atoms. The number of carbonyl (C=O) groups excluding carboxylic acids is 1. The first-order valence-corrected chi connectivity index (χ1v) is 17.2. The van der Waals surface area contributed by atoms with E-state index in [1.54, 1.807) is 0 Å². The molecule has 4 aromatic rings. The maximum atomic E-state index is 14.5. The van der Waals surface area contributed by atoms with Gasteiger partial charge in [0.05, 0.1) is 11.7 Å². The zero-order valence-corrected chi connectivity index (χ0v) is 28.5. The maximum absolute atomic E-state index is 14.5. The van der Waals surface area contributed by atoms with Gasteiger partial charge in [-0.3, -0.25) is 4.79 Å². The standard InChI is InChI=1S/C38H44N4O2S/c1-9-45-29-15-11-14-26(20-29)36(43)42-22-27-19-28(38(6,7)8)16-17-30(27)35(32(42)18-23(2)3)44-33-21-31(39-37(40-33)41-45)34-24(4)12-10-13-25(34)5/h9-17,19-21,23,32,35H,18,22H2,1-8H3,(H,39,40,41)/t32-,35-,45?/m1/s1. The summed E-state index contributed by atoms with van der Waals surface area (Å²) in [4.78, 5) is 27.6. The van der Waals surface area contributed by atoms with E-state index in [0.717, 1.165) is 44.8 Å². The third kappa shape index (κ3) is 6.15. The third-order valence-electron chi connectivity index (χ3n) is 8.84. The first-order valence-electron chi connectivity index (χ1n) is 15.9. The number of amides is 1. The first kappa shape index (κ1) is 31.0. The van der Waals surface area contributed by atoms with E-state index in [2.05, 4.69) is 101 Å². The van der Waals surface area contributed by atoms with Crippen molar-refractivity contribution in [3.8, 4) is 17.1 Å². The molecule has 3 atom stereocenters. The molecule has 0 aliphatic carbocycles. The summed E-state index contributed by atoms with van der Waals surface area (Å²) in [5.74, 6) is 1.37. The largest absolute Gasteiger partial charge is 0.467 e. The summed E-state index contributed by atoms with van der Waals surface area (Å²) in [6, 6.07) is 22.8. The number of anilines is 1. The molecule has 3 heterocycles. The van der Waals surface area contributed by atoms with E-state index < -0.39 is 16.8 Å². The molecule has 7 heteroatoms. The lowest BCUT2D eigenvalue weighted by Gasteiger charge is -2.43. The minimum absolute atomic E-state index is 0.0239. The first-order chi connectivity index (χ1) is 21.4. The summed E-state index contributed by atoms with van der Waals surface area (Å²) < 4.78 is 10.6. The summed E-state index contributed by atoms with van der Waals surface area (Å²) in [6.45, 7) is 17.9. The predicted octanol–water partition coefficient (Wildman–Crippen LogP) is 9.04. The minimum atomic E-state index is -0.543. The Hall–Kier alpha value is -3.97. The molecule has 0 saturated carbocycles. The molecule has 6 rings (SSSR count). The second kappa shape index (κ2) is 12.1. The van der Waals surface area contributed by atoms with Gasteiger partial charge in [0.1, 0.15) is 6.10 Å². The second-order valence-electron chi connectivity index (χ2n) is 13.7. The van der Waals surface area contributed by atoms with Crippen LogP contribution in [0.15, 0.2) is 71.6 Å². The summed E-state index contributed by atoms with van der Waals surface area (Å²) >= 11 is 0. The van der Waals surface area contributed by atoms with E-state index in [4.69, 9.17) is 14.7 Å². The number of hydrogen-bond acceptors (Lipinski definition) is 5. The molecule has 1 unspecified atom stereocenters. The summed E-state index contributed by atoms with van der Waals surface area (Å²) in [6.07, 6.45) is 0.395. The molecule has 6 nitrogen and oxygen atoms in total. The van der Waals surface area contributed by atoms with Gasteiger partial charge in [0, 0.05) is 28.6 Å². The van der Waals surface area contributed by atoms with Crippen molar-refractivity contribution in [1.82, 2.24) is 14.9 Å². The van der Waals surface area contributed by atoms with Crippen LogP contribution >= 0.6 is 10.7 Å². The van der Waals surface area contributed by atoms with Crippen molar-refractivity contribution >= 4 is 27.9 Å². The monoisotopic (exact) mass is 620 g/mol. The average molecular weight is 621 g/mol. The molecule has 2 aliphatic heterocycles. The highest BCUT2D eigenvalue weighted by molar-refractivity contribution is 8.16. The van der Waals surface area contributed by atoms with Crippen LogP contribution in [0.25, 0.3) is 11.3 Å². The van der Waals surface area contributed by atoms with Crippen LogP contribution < -0.4 is 9.46 Å². The van der Waals surface area contributed by atoms with Gasteiger partial charge in [-0.2, -0.15) is 4.98 Å². The van der Waals surface area contributed by atoms with E-state index in [9.17, 15) is 4.79 Å². The Morgan fingerprint density at radius 1 is 1.02 bits per heavy atom. The second-order valence-corrected chi connectivity index (χ2v) is 15.5. The zero-order valence-electron chi connectivity index (χ0n) is 27.6. The highest BCUT2D eigenvalue weighted by Gasteiger charge is 2.41. The van der Waals surface area contributed by atoms with Crippen LogP contribution in [0, 0.1) is 19.8 Å². The number of carbonyl (C=O) groups is 1. The molecule has 0 radical (unpaired) electrons. The molecule has 45 heavy (non-hydrogen) atoms. The van der Waals surface area contributed by atoms with Crippen LogP contribution in [0.4, 0.5) is 5.95 Å². The van der Waals surface area contributed by atoms with Gasteiger partial charge in [-0.05, 0) is 89.9 Å². The number of hydrogen-bond donors (Lipinski definition) is 1. The predicted molar refractivity (Wildman–Crippen MR) is 186 cm³/mol. The van der Waals surface area contributed by atoms with E-state index in [0.29, 0.717) is 29.9 Å². The van der Waals surface area contributed by atoms with Crippen molar-refractivity contribution in [1.29, 1.82) is 0 Å². The lowest BCUT2D eigenvalue weighted by Crippen LogP contribution is -2.49. The van der Waals surface area contributed by atoms with Crippen molar-refractivity contribution in [2.45, 2.75) is 90.8 Å².